The van der Waals surface area contributed by atoms with Gasteiger partial charge in [-0.1, -0.05) is 30.3 Å². The zero-order chi connectivity index (χ0) is 15.0. The van der Waals surface area contributed by atoms with Crippen molar-refractivity contribution < 1.29 is 8.78 Å². The Morgan fingerprint density at radius 3 is 2.57 bits per heavy atom. The van der Waals surface area contributed by atoms with Crippen molar-refractivity contribution in [1.82, 2.24) is 9.97 Å². The van der Waals surface area contributed by atoms with Crippen LogP contribution in [-0.2, 0) is 0 Å². The number of aryl methyl sites for hydroxylation is 1. The van der Waals surface area contributed by atoms with Gasteiger partial charge in [-0.3, -0.25) is 0 Å². The normalized spacial score (nSPS) is 11.2. The number of aromatic nitrogens is 2. The molecule has 0 spiro atoms. The summed E-state index contributed by atoms with van der Waals surface area (Å²) in [7, 11) is 0. The van der Waals surface area contributed by atoms with Crippen LogP contribution >= 0.6 is 0 Å². The van der Waals surface area contributed by atoms with E-state index in [4.69, 9.17) is 5.73 Å². The Balaban J connectivity index is 2.26. The Labute approximate surface area is 120 Å². The van der Waals surface area contributed by atoms with E-state index >= 15 is 0 Å². The lowest BCUT2D eigenvalue weighted by Gasteiger charge is -2.10. The number of alkyl halides is 2. The monoisotopic (exact) mass is 285 g/mol. The second-order valence-corrected chi connectivity index (χ2v) is 4.84. The van der Waals surface area contributed by atoms with Gasteiger partial charge in [0.1, 0.15) is 5.82 Å². The Morgan fingerprint density at radius 1 is 1.05 bits per heavy atom. The first kappa shape index (κ1) is 13.4. The van der Waals surface area contributed by atoms with E-state index in [1.54, 1.807) is 18.2 Å². The summed E-state index contributed by atoms with van der Waals surface area (Å²) in [4.78, 5) is 8.56. The number of nitrogen functional groups attached to an aromatic ring is 1. The molecular formula is C16H13F2N3. The largest absolute Gasteiger partial charge is 0.383 e. The molecule has 0 radical (unpaired) electrons. The van der Waals surface area contributed by atoms with Crippen molar-refractivity contribution in [3.63, 3.8) is 0 Å². The third kappa shape index (κ3) is 2.42. The minimum atomic E-state index is -2.58. The predicted molar refractivity (Wildman–Crippen MR) is 79.1 cm³/mol. The smallest absolute Gasteiger partial charge is 0.264 e. The fourth-order valence-electron chi connectivity index (χ4n) is 2.28. The summed E-state index contributed by atoms with van der Waals surface area (Å²) in [5, 5.41) is 0.721. The van der Waals surface area contributed by atoms with Crippen LogP contribution < -0.4 is 5.73 Å². The zero-order valence-corrected chi connectivity index (χ0v) is 11.3. The molecule has 2 N–H and O–H groups in total. The third-order valence-electron chi connectivity index (χ3n) is 3.32. The average molecular weight is 285 g/mol. The predicted octanol–water partition coefficient (Wildman–Crippen LogP) is 4.13. The molecule has 0 atom stereocenters. The number of nitrogens with zero attached hydrogens (tertiary/aromatic N) is 2. The zero-order valence-electron chi connectivity index (χ0n) is 11.3. The van der Waals surface area contributed by atoms with E-state index in [9.17, 15) is 8.78 Å². The lowest BCUT2D eigenvalue weighted by molar-refractivity contribution is 0.152. The topological polar surface area (TPSA) is 51.8 Å². The van der Waals surface area contributed by atoms with E-state index in [0.29, 0.717) is 16.9 Å². The first-order valence-electron chi connectivity index (χ1n) is 6.47. The number of hydrogen-bond donors (Lipinski definition) is 1. The molecule has 1 aromatic heterocycles. The maximum atomic E-state index is 13.1. The Bertz CT molecular complexity index is 816. The first-order valence-corrected chi connectivity index (χ1v) is 6.47. The van der Waals surface area contributed by atoms with Gasteiger partial charge in [0.25, 0.3) is 6.43 Å². The second-order valence-electron chi connectivity index (χ2n) is 4.84. The number of anilines is 1. The molecule has 0 aliphatic heterocycles. The molecule has 106 valence electrons. The van der Waals surface area contributed by atoms with E-state index in [1.165, 1.54) is 6.07 Å². The molecule has 21 heavy (non-hydrogen) atoms. The standard InChI is InChI=1S/C16H13F2N3/c1-9-6-7-12-13(8-9)20-16(21-15(12)19)11-5-3-2-4-10(11)14(17)18/h2-8,14H,1H3,(H2,19,20,21). The molecule has 3 aromatic rings. The van der Waals surface area contributed by atoms with Gasteiger partial charge in [-0.25, -0.2) is 18.7 Å². The van der Waals surface area contributed by atoms with Gasteiger partial charge >= 0.3 is 0 Å². The minimum Gasteiger partial charge on any atom is -0.383 e. The van der Waals surface area contributed by atoms with Crippen molar-refractivity contribution in [2.24, 2.45) is 0 Å². The number of benzene rings is 2. The van der Waals surface area contributed by atoms with Crippen molar-refractivity contribution in [3.8, 4) is 11.4 Å². The van der Waals surface area contributed by atoms with Crippen molar-refractivity contribution in [2.45, 2.75) is 13.3 Å². The van der Waals surface area contributed by atoms with Gasteiger partial charge in [0.05, 0.1) is 5.52 Å². The second kappa shape index (κ2) is 5.09. The maximum absolute atomic E-state index is 13.1. The number of rotatable bonds is 2. The van der Waals surface area contributed by atoms with Crippen LogP contribution in [0.3, 0.4) is 0 Å². The molecule has 3 rings (SSSR count). The molecular weight excluding hydrogens is 272 g/mol. The van der Waals surface area contributed by atoms with Crippen molar-refractivity contribution in [1.29, 1.82) is 0 Å². The fraction of sp³-hybridized carbons (Fsp3) is 0.125. The van der Waals surface area contributed by atoms with Gasteiger partial charge in [-0.2, -0.15) is 0 Å². The summed E-state index contributed by atoms with van der Waals surface area (Å²) in [6, 6.07) is 11.8. The van der Waals surface area contributed by atoms with Crippen molar-refractivity contribution >= 4 is 16.7 Å². The Morgan fingerprint density at radius 2 is 1.81 bits per heavy atom. The van der Waals surface area contributed by atoms with Crippen LogP contribution in [0.4, 0.5) is 14.6 Å². The van der Waals surface area contributed by atoms with Crippen LogP contribution in [0.25, 0.3) is 22.3 Å². The molecule has 0 aliphatic rings. The van der Waals surface area contributed by atoms with E-state index in [-0.39, 0.29) is 11.4 Å². The molecule has 1 heterocycles. The van der Waals surface area contributed by atoms with Crippen LogP contribution in [0.15, 0.2) is 42.5 Å². The highest BCUT2D eigenvalue weighted by molar-refractivity contribution is 5.90. The lowest BCUT2D eigenvalue weighted by atomic mass is 10.1. The molecule has 0 amide bonds. The molecule has 0 bridgehead atoms. The number of hydrogen-bond acceptors (Lipinski definition) is 3. The quantitative estimate of drug-likeness (QED) is 0.770. The lowest BCUT2D eigenvalue weighted by Crippen LogP contribution is -2.00. The van der Waals surface area contributed by atoms with Gasteiger partial charge < -0.3 is 5.73 Å². The number of halogens is 2. The van der Waals surface area contributed by atoms with Crippen molar-refractivity contribution in [3.05, 3.63) is 53.6 Å². The van der Waals surface area contributed by atoms with Crippen LogP contribution in [-0.4, -0.2) is 9.97 Å². The van der Waals surface area contributed by atoms with Crippen molar-refractivity contribution in [2.75, 3.05) is 5.73 Å². The van der Waals surface area contributed by atoms with E-state index in [1.807, 2.05) is 25.1 Å². The van der Waals surface area contributed by atoms with Gasteiger partial charge in [0, 0.05) is 16.5 Å². The van der Waals surface area contributed by atoms with Gasteiger partial charge in [-0.05, 0) is 24.6 Å². The summed E-state index contributed by atoms with van der Waals surface area (Å²) in [5.74, 6) is 0.514. The molecule has 0 unspecified atom stereocenters. The summed E-state index contributed by atoms with van der Waals surface area (Å²) in [6.45, 7) is 1.94. The molecule has 0 saturated heterocycles. The molecule has 3 nitrogen and oxygen atoms in total. The summed E-state index contributed by atoms with van der Waals surface area (Å²) in [6.07, 6.45) is -2.58. The summed E-state index contributed by atoms with van der Waals surface area (Å²) >= 11 is 0. The highest BCUT2D eigenvalue weighted by Gasteiger charge is 2.16. The number of fused-ring (bicyclic) bond motifs is 1. The highest BCUT2D eigenvalue weighted by Crippen LogP contribution is 2.31. The third-order valence-corrected chi connectivity index (χ3v) is 3.32. The average Bonchev–Trinajstić information content (AvgIpc) is 2.46. The van der Waals surface area contributed by atoms with Crippen LogP contribution in [0.1, 0.15) is 17.6 Å². The van der Waals surface area contributed by atoms with Crippen LogP contribution in [0.2, 0.25) is 0 Å². The van der Waals surface area contributed by atoms with Gasteiger partial charge in [0.15, 0.2) is 5.82 Å². The summed E-state index contributed by atoms with van der Waals surface area (Å²) < 4.78 is 26.2. The summed E-state index contributed by atoms with van der Waals surface area (Å²) in [5.41, 5.74) is 7.82. The van der Waals surface area contributed by atoms with Gasteiger partial charge in [-0.15, -0.1) is 0 Å². The van der Waals surface area contributed by atoms with E-state index in [2.05, 4.69) is 9.97 Å². The minimum absolute atomic E-state index is 0.0936. The number of nitrogens with two attached hydrogens (primary N) is 1. The fourth-order valence-corrected chi connectivity index (χ4v) is 2.28. The SMILES string of the molecule is Cc1ccc2c(N)nc(-c3ccccc3C(F)F)nc2c1. The molecule has 5 heteroatoms. The molecule has 2 aromatic carbocycles. The van der Waals surface area contributed by atoms with Gasteiger partial charge in [0.2, 0.25) is 0 Å². The molecule has 0 fully saturated rings. The molecule has 0 saturated carbocycles. The highest BCUT2D eigenvalue weighted by atomic mass is 19.3. The van der Waals surface area contributed by atoms with Crippen LogP contribution in [0, 0.1) is 6.92 Å². The Hall–Kier alpha value is -2.56. The first-order chi connectivity index (χ1) is 10.1. The van der Waals surface area contributed by atoms with E-state index < -0.39 is 6.43 Å². The Kier molecular flexibility index (Phi) is 3.25. The molecule has 0 aliphatic carbocycles. The van der Waals surface area contributed by atoms with E-state index in [0.717, 1.165) is 10.9 Å². The maximum Gasteiger partial charge on any atom is 0.264 e. The van der Waals surface area contributed by atoms with Crippen LogP contribution in [0.5, 0.6) is 0 Å².